The van der Waals surface area contributed by atoms with Crippen LogP contribution in [-0.4, -0.2) is 56.2 Å². The molecule has 0 bridgehead atoms. The maximum atomic E-state index is 13.4. The Morgan fingerprint density at radius 1 is 0.953 bits per heavy atom. The van der Waals surface area contributed by atoms with E-state index >= 15 is 0 Å². The van der Waals surface area contributed by atoms with Gasteiger partial charge in [-0.15, -0.1) is 0 Å². The van der Waals surface area contributed by atoms with Crippen LogP contribution in [0.1, 0.15) is 98.3 Å². The van der Waals surface area contributed by atoms with Crippen LogP contribution in [-0.2, 0) is 0 Å². The van der Waals surface area contributed by atoms with Gasteiger partial charge in [0.15, 0.2) is 0 Å². The lowest BCUT2D eigenvalue weighted by Gasteiger charge is -2.49. The molecule has 10 heteroatoms. The molecule has 43 heavy (non-hydrogen) atoms. The van der Waals surface area contributed by atoms with E-state index < -0.39 is 41.2 Å². The minimum Gasteiger partial charge on any atom is -0.393 e. The fraction of sp³-hybridized carbons (Fsp3) is 0.758. The quantitative estimate of drug-likeness (QED) is 0.156. The van der Waals surface area contributed by atoms with Crippen LogP contribution in [0.25, 0.3) is 0 Å². The smallest absolute Gasteiger partial charge is 0.393 e. The first kappa shape index (κ1) is 35.9. The average Bonchev–Trinajstić information content (AvgIpc) is 3.21. The normalized spacial score (nSPS) is 32.9. The van der Waals surface area contributed by atoms with Crippen LogP contribution >= 0.6 is 0 Å². The number of halogens is 6. The zero-order valence-electron chi connectivity index (χ0n) is 25.7. The van der Waals surface area contributed by atoms with Crippen LogP contribution in [0.5, 0.6) is 0 Å². The summed E-state index contributed by atoms with van der Waals surface area (Å²) in [6, 6.07) is 0. The predicted octanol–water partition coefficient (Wildman–Crippen LogP) is 7.88. The molecular formula is C33H48F6O4. The number of alkyl halides is 6. The molecule has 3 aliphatic rings. The largest absolute Gasteiger partial charge is 0.429 e. The number of allylic oxidation sites excluding steroid dienone is 4. The van der Waals surface area contributed by atoms with Crippen LogP contribution in [0.15, 0.2) is 47.6 Å². The van der Waals surface area contributed by atoms with Crippen molar-refractivity contribution >= 4 is 0 Å². The minimum absolute atomic E-state index is 0.0223. The van der Waals surface area contributed by atoms with Gasteiger partial charge < -0.3 is 20.4 Å². The van der Waals surface area contributed by atoms with Gasteiger partial charge in [-0.2, -0.15) is 26.3 Å². The van der Waals surface area contributed by atoms with Crippen LogP contribution in [0.4, 0.5) is 26.3 Å². The number of fused-ring (bicyclic) bond motifs is 1. The van der Waals surface area contributed by atoms with Crippen LogP contribution in [0, 0.1) is 22.7 Å². The lowest BCUT2D eigenvalue weighted by atomic mass is 9.55. The second-order valence-corrected chi connectivity index (χ2v) is 14.3. The Hall–Kier alpha value is -1.62. The summed E-state index contributed by atoms with van der Waals surface area (Å²) in [5.74, 6) is 0.139. The van der Waals surface area contributed by atoms with Crippen molar-refractivity contribution in [3.05, 3.63) is 47.6 Å². The molecule has 0 radical (unpaired) electrons. The van der Waals surface area contributed by atoms with E-state index in [1.807, 2.05) is 19.1 Å². The van der Waals surface area contributed by atoms with Crippen molar-refractivity contribution in [2.45, 2.75) is 134 Å². The molecule has 0 aromatic carbocycles. The molecule has 1 unspecified atom stereocenters. The first-order valence-corrected chi connectivity index (χ1v) is 15.2. The summed E-state index contributed by atoms with van der Waals surface area (Å²) in [5.41, 5.74) is -4.25. The van der Waals surface area contributed by atoms with Gasteiger partial charge in [0.05, 0.1) is 17.8 Å². The van der Waals surface area contributed by atoms with Crippen molar-refractivity contribution in [3.63, 3.8) is 0 Å². The molecular weight excluding hydrogens is 574 g/mol. The first-order valence-electron chi connectivity index (χ1n) is 15.2. The van der Waals surface area contributed by atoms with Crippen LogP contribution < -0.4 is 0 Å². The topological polar surface area (TPSA) is 80.9 Å². The van der Waals surface area contributed by atoms with E-state index in [0.29, 0.717) is 31.3 Å². The van der Waals surface area contributed by atoms with Crippen molar-refractivity contribution in [3.8, 4) is 0 Å². The fourth-order valence-corrected chi connectivity index (χ4v) is 8.04. The molecule has 0 aromatic heterocycles. The van der Waals surface area contributed by atoms with Gasteiger partial charge in [0.1, 0.15) is 0 Å². The van der Waals surface area contributed by atoms with E-state index in [9.17, 15) is 46.8 Å². The van der Waals surface area contributed by atoms with Crippen molar-refractivity contribution in [1.29, 1.82) is 0 Å². The van der Waals surface area contributed by atoms with Gasteiger partial charge in [-0.1, -0.05) is 50.6 Å². The number of hydrogen-bond acceptors (Lipinski definition) is 4. The van der Waals surface area contributed by atoms with Crippen molar-refractivity contribution in [1.82, 2.24) is 0 Å². The summed E-state index contributed by atoms with van der Waals surface area (Å²) in [5, 5.41) is 40.3. The molecule has 3 aliphatic carbocycles. The number of hydrogen-bond donors (Lipinski definition) is 4. The molecule has 4 nitrogen and oxygen atoms in total. The highest BCUT2D eigenvalue weighted by molar-refractivity contribution is 5.38. The summed E-state index contributed by atoms with van der Waals surface area (Å²) in [4.78, 5) is 0. The predicted molar refractivity (Wildman–Crippen MR) is 154 cm³/mol. The second kappa shape index (κ2) is 12.6. The summed E-state index contributed by atoms with van der Waals surface area (Å²) < 4.78 is 80.2. The molecule has 4 N–H and O–H groups in total. The Morgan fingerprint density at radius 3 is 2.16 bits per heavy atom. The summed E-state index contributed by atoms with van der Waals surface area (Å²) >= 11 is 0. The third kappa shape index (κ3) is 7.79. The maximum absolute atomic E-state index is 13.4. The summed E-state index contributed by atoms with van der Waals surface area (Å²) in [6.07, 6.45) is -2.44. The highest BCUT2D eigenvalue weighted by Crippen LogP contribution is 2.64. The van der Waals surface area contributed by atoms with E-state index in [4.69, 9.17) is 0 Å². The lowest BCUT2D eigenvalue weighted by molar-refractivity contribution is -0.347. The third-order valence-corrected chi connectivity index (χ3v) is 10.4. The third-order valence-electron chi connectivity index (χ3n) is 10.4. The molecule has 0 heterocycles. The first-order chi connectivity index (χ1) is 19.5. The molecule has 0 amide bonds. The number of aliphatic hydroxyl groups excluding tert-OH is 2. The van der Waals surface area contributed by atoms with Gasteiger partial charge in [0, 0.05) is 6.42 Å². The van der Waals surface area contributed by atoms with Gasteiger partial charge in [-0.3, -0.25) is 0 Å². The average molecular weight is 623 g/mol. The van der Waals surface area contributed by atoms with Crippen molar-refractivity contribution in [2.24, 2.45) is 22.7 Å². The lowest BCUT2D eigenvalue weighted by Crippen LogP contribution is -2.55. The molecule has 246 valence electrons. The highest BCUT2D eigenvalue weighted by Gasteiger charge is 2.69. The van der Waals surface area contributed by atoms with Crippen LogP contribution in [0.3, 0.4) is 0 Å². The number of rotatable bonds is 9. The molecule has 6 atom stereocenters. The Labute approximate surface area is 251 Å². The van der Waals surface area contributed by atoms with E-state index in [0.717, 1.165) is 43.8 Å². The molecule has 3 rings (SSSR count). The standard InChI is InChI=1S/C33H48F6O4/c1-21-23(19-24(40)20-26(21)41)11-10-22-9-6-17-30(5)25(22)12-13-27(30)29(4,15-7-14-28(2,3)42)16-8-18-31(43,32(34,35)36)33(37,38)39/h8,10-11,18,24-27,40-43H,1,6-7,9,12-17,19-20H2,2-5H3/b18-8+,22-10+,23-11-/t24-,25+,26?,27-,29+,30+/m1/s1. The maximum Gasteiger partial charge on any atom is 0.429 e. The monoisotopic (exact) mass is 622 g/mol. The zero-order valence-corrected chi connectivity index (χ0v) is 25.7. The number of aliphatic hydroxyl groups is 4. The Kier molecular flexibility index (Phi) is 10.5. The Balaban J connectivity index is 1.93. The highest BCUT2D eigenvalue weighted by atomic mass is 19.4. The molecule has 0 spiro atoms. The van der Waals surface area contributed by atoms with E-state index in [2.05, 4.69) is 13.5 Å². The second-order valence-electron chi connectivity index (χ2n) is 14.3. The van der Waals surface area contributed by atoms with Gasteiger partial charge in [0.2, 0.25) is 0 Å². The van der Waals surface area contributed by atoms with Crippen molar-refractivity contribution in [2.75, 3.05) is 0 Å². The van der Waals surface area contributed by atoms with Gasteiger partial charge in [-0.25, -0.2) is 0 Å². The SMILES string of the molecule is C=C1/C(=C\C=C2/CCC[C@]3(C)[C@@H]([C@](C)(C/C=C/C(O)(C(F)(F)F)C(F)(F)F)CCCC(C)(C)O)CC[C@@H]23)C[C@@H](O)CC1O. The molecule has 0 aromatic rings. The zero-order chi connectivity index (χ0) is 32.6. The minimum atomic E-state index is -5.92. The van der Waals surface area contributed by atoms with Gasteiger partial charge in [-0.05, 0) is 112 Å². The molecule has 3 fully saturated rings. The Bertz CT molecular complexity index is 1080. The summed E-state index contributed by atoms with van der Waals surface area (Å²) in [7, 11) is 0. The summed E-state index contributed by atoms with van der Waals surface area (Å²) in [6.45, 7) is 11.4. The van der Waals surface area contributed by atoms with Gasteiger partial charge in [0.25, 0.3) is 5.60 Å². The van der Waals surface area contributed by atoms with E-state index in [-0.39, 0.29) is 36.2 Å². The van der Waals surface area contributed by atoms with E-state index in [1.54, 1.807) is 13.8 Å². The van der Waals surface area contributed by atoms with E-state index in [1.165, 1.54) is 5.57 Å². The van der Waals surface area contributed by atoms with Crippen molar-refractivity contribution < 1.29 is 46.8 Å². The molecule has 0 saturated heterocycles. The van der Waals surface area contributed by atoms with Crippen LogP contribution in [0.2, 0.25) is 0 Å². The molecule has 0 aliphatic heterocycles. The van der Waals surface area contributed by atoms with Gasteiger partial charge >= 0.3 is 12.4 Å². The Morgan fingerprint density at radius 2 is 1.58 bits per heavy atom. The fourth-order valence-electron chi connectivity index (χ4n) is 8.04. The molecule has 3 saturated carbocycles.